The van der Waals surface area contributed by atoms with Crippen molar-refractivity contribution in [1.82, 2.24) is 10.2 Å². The molecule has 2 rings (SSSR count). The molecule has 1 N–H and O–H groups in total. The molecule has 5 heteroatoms. The van der Waals surface area contributed by atoms with Gasteiger partial charge in [-0.15, -0.1) is 5.10 Å². The summed E-state index contributed by atoms with van der Waals surface area (Å²) in [4.78, 5) is 11.7. The van der Waals surface area contributed by atoms with Crippen molar-refractivity contribution >= 4 is 5.97 Å². The Morgan fingerprint density at radius 3 is 2.88 bits per heavy atom. The van der Waals surface area contributed by atoms with Crippen LogP contribution in [0.1, 0.15) is 41.4 Å². The van der Waals surface area contributed by atoms with Gasteiger partial charge in [-0.2, -0.15) is 5.10 Å². The van der Waals surface area contributed by atoms with Gasteiger partial charge >= 0.3 is 5.97 Å². The van der Waals surface area contributed by atoms with Gasteiger partial charge < -0.3 is 9.84 Å². The molecule has 0 amide bonds. The van der Waals surface area contributed by atoms with E-state index >= 15 is 0 Å². The molecule has 86 valence electrons. The molecule has 0 aromatic carbocycles. The zero-order valence-corrected chi connectivity index (χ0v) is 9.19. The first kappa shape index (κ1) is 10.9. The smallest absolute Gasteiger partial charge is 0.344 e. The van der Waals surface area contributed by atoms with Crippen LogP contribution in [-0.4, -0.2) is 27.9 Å². The maximum Gasteiger partial charge on any atom is 0.344 e. The second kappa shape index (κ2) is 4.47. The lowest BCUT2D eigenvalue weighted by atomic mass is 9.93. The molecule has 0 saturated carbocycles. The van der Waals surface area contributed by atoms with Crippen molar-refractivity contribution in [3.05, 3.63) is 16.8 Å². The van der Waals surface area contributed by atoms with Crippen LogP contribution in [0.15, 0.2) is 0 Å². The van der Waals surface area contributed by atoms with E-state index in [1.54, 1.807) is 6.92 Å². The number of fused-ring (bicyclic) bond motifs is 1. The Labute approximate surface area is 93.5 Å². The number of carbonyl (C=O) groups excluding carboxylic acids is 1. The SMILES string of the molecule is CCOC(=O)c1c(O)nnc2c1CCCC2. The van der Waals surface area contributed by atoms with E-state index in [2.05, 4.69) is 10.2 Å². The molecule has 1 heterocycles. The van der Waals surface area contributed by atoms with Crippen molar-refractivity contribution in [3.63, 3.8) is 0 Å². The molecule has 0 aliphatic heterocycles. The first-order valence-corrected chi connectivity index (χ1v) is 5.48. The highest BCUT2D eigenvalue weighted by molar-refractivity contribution is 5.93. The molecular weight excluding hydrogens is 208 g/mol. The van der Waals surface area contributed by atoms with Gasteiger partial charge in [-0.3, -0.25) is 0 Å². The number of ether oxygens (including phenoxy) is 1. The second-order valence-corrected chi connectivity index (χ2v) is 3.75. The Morgan fingerprint density at radius 1 is 1.38 bits per heavy atom. The molecule has 1 aromatic heterocycles. The molecular formula is C11H14N2O3. The van der Waals surface area contributed by atoms with Gasteiger partial charge in [0.15, 0.2) is 0 Å². The van der Waals surface area contributed by atoms with Crippen LogP contribution in [0.25, 0.3) is 0 Å². The number of aryl methyl sites for hydroxylation is 1. The third-order valence-electron chi connectivity index (χ3n) is 2.71. The fraction of sp³-hybridized carbons (Fsp3) is 0.545. The minimum Gasteiger partial charge on any atom is -0.492 e. The monoisotopic (exact) mass is 222 g/mol. The number of aromatic nitrogens is 2. The summed E-state index contributed by atoms with van der Waals surface area (Å²) in [5, 5.41) is 17.1. The van der Waals surface area contributed by atoms with E-state index in [9.17, 15) is 9.90 Å². The normalized spacial score (nSPS) is 14.3. The zero-order valence-electron chi connectivity index (χ0n) is 9.19. The van der Waals surface area contributed by atoms with Crippen LogP contribution < -0.4 is 0 Å². The van der Waals surface area contributed by atoms with Crippen molar-refractivity contribution in [2.24, 2.45) is 0 Å². The van der Waals surface area contributed by atoms with Crippen LogP contribution in [0.3, 0.4) is 0 Å². The van der Waals surface area contributed by atoms with Gasteiger partial charge in [-0.05, 0) is 38.2 Å². The van der Waals surface area contributed by atoms with Crippen molar-refractivity contribution in [2.75, 3.05) is 6.61 Å². The van der Waals surface area contributed by atoms with Crippen LogP contribution in [0.5, 0.6) is 5.88 Å². The molecule has 1 aromatic rings. The summed E-state index contributed by atoms with van der Waals surface area (Å²) < 4.78 is 4.91. The number of hydrogen-bond acceptors (Lipinski definition) is 5. The van der Waals surface area contributed by atoms with E-state index in [4.69, 9.17) is 4.74 Å². The Hall–Kier alpha value is -1.65. The molecule has 0 saturated heterocycles. The average Bonchev–Trinajstić information content (AvgIpc) is 2.29. The second-order valence-electron chi connectivity index (χ2n) is 3.75. The molecule has 1 aliphatic rings. The third-order valence-corrected chi connectivity index (χ3v) is 2.71. The first-order valence-electron chi connectivity index (χ1n) is 5.48. The number of esters is 1. The van der Waals surface area contributed by atoms with E-state index in [0.29, 0.717) is 0 Å². The van der Waals surface area contributed by atoms with Crippen LogP contribution in [-0.2, 0) is 17.6 Å². The zero-order chi connectivity index (χ0) is 11.5. The van der Waals surface area contributed by atoms with Gasteiger partial charge in [0.25, 0.3) is 0 Å². The van der Waals surface area contributed by atoms with Gasteiger partial charge in [0, 0.05) is 0 Å². The Bertz CT molecular complexity index is 418. The van der Waals surface area contributed by atoms with Crippen LogP contribution >= 0.6 is 0 Å². The van der Waals surface area contributed by atoms with Crippen LogP contribution in [0, 0.1) is 0 Å². The topological polar surface area (TPSA) is 72.3 Å². The predicted octanol–water partition coefficient (Wildman–Crippen LogP) is 1.24. The lowest BCUT2D eigenvalue weighted by molar-refractivity contribution is 0.0520. The largest absolute Gasteiger partial charge is 0.492 e. The maximum absolute atomic E-state index is 11.7. The van der Waals surface area contributed by atoms with Gasteiger partial charge in [-0.25, -0.2) is 4.79 Å². The summed E-state index contributed by atoms with van der Waals surface area (Å²) in [7, 11) is 0. The summed E-state index contributed by atoms with van der Waals surface area (Å²) in [5.41, 5.74) is 1.82. The summed E-state index contributed by atoms with van der Waals surface area (Å²) in [6.07, 6.45) is 3.63. The summed E-state index contributed by atoms with van der Waals surface area (Å²) >= 11 is 0. The van der Waals surface area contributed by atoms with E-state index in [-0.39, 0.29) is 18.1 Å². The summed E-state index contributed by atoms with van der Waals surface area (Å²) in [6.45, 7) is 2.02. The lowest BCUT2D eigenvalue weighted by Gasteiger charge is -2.17. The molecule has 1 aliphatic carbocycles. The highest BCUT2D eigenvalue weighted by Crippen LogP contribution is 2.27. The molecule has 0 spiro atoms. The fourth-order valence-electron chi connectivity index (χ4n) is 1.98. The van der Waals surface area contributed by atoms with E-state index in [1.165, 1.54) is 0 Å². The van der Waals surface area contributed by atoms with E-state index < -0.39 is 5.97 Å². The molecule has 0 bridgehead atoms. The minimum absolute atomic E-state index is 0.201. The van der Waals surface area contributed by atoms with Crippen molar-refractivity contribution in [1.29, 1.82) is 0 Å². The molecule has 0 atom stereocenters. The molecule has 16 heavy (non-hydrogen) atoms. The highest BCUT2D eigenvalue weighted by atomic mass is 16.5. The number of hydrogen-bond donors (Lipinski definition) is 1. The minimum atomic E-state index is -0.506. The van der Waals surface area contributed by atoms with Gasteiger partial charge in [0.1, 0.15) is 5.56 Å². The number of rotatable bonds is 2. The lowest BCUT2D eigenvalue weighted by Crippen LogP contribution is -2.16. The molecule has 0 fully saturated rings. The van der Waals surface area contributed by atoms with Crippen molar-refractivity contribution < 1.29 is 14.6 Å². The number of nitrogens with zero attached hydrogens (tertiary/aromatic N) is 2. The highest BCUT2D eigenvalue weighted by Gasteiger charge is 2.24. The average molecular weight is 222 g/mol. The molecule has 5 nitrogen and oxygen atoms in total. The van der Waals surface area contributed by atoms with Crippen LogP contribution in [0.2, 0.25) is 0 Å². The van der Waals surface area contributed by atoms with Gasteiger partial charge in [-0.1, -0.05) is 0 Å². The van der Waals surface area contributed by atoms with Crippen molar-refractivity contribution in [3.8, 4) is 5.88 Å². The Kier molecular flexibility index (Phi) is 3.03. The number of carbonyl (C=O) groups is 1. The standard InChI is InChI=1S/C11H14N2O3/c1-2-16-11(15)9-7-5-3-4-6-8(7)12-13-10(9)14/h2-6H2,1H3,(H,13,14). The Balaban J connectivity index is 2.45. The van der Waals surface area contributed by atoms with E-state index in [0.717, 1.165) is 36.9 Å². The summed E-state index contributed by atoms with van der Waals surface area (Å²) in [5.74, 6) is -0.827. The molecule has 0 unspecified atom stereocenters. The number of aromatic hydroxyl groups is 1. The molecule has 0 radical (unpaired) electrons. The van der Waals surface area contributed by atoms with Crippen LogP contribution in [0.4, 0.5) is 0 Å². The Morgan fingerprint density at radius 2 is 2.12 bits per heavy atom. The van der Waals surface area contributed by atoms with Gasteiger partial charge in [0.2, 0.25) is 5.88 Å². The maximum atomic E-state index is 11.7. The first-order chi connectivity index (χ1) is 7.74. The van der Waals surface area contributed by atoms with Gasteiger partial charge in [0.05, 0.1) is 12.3 Å². The third kappa shape index (κ3) is 1.85. The predicted molar refractivity (Wildman–Crippen MR) is 56.3 cm³/mol. The quantitative estimate of drug-likeness (QED) is 0.762. The fourth-order valence-corrected chi connectivity index (χ4v) is 1.98. The van der Waals surface area contributed by atoms with Crippen molar-refractivity contribution in [2.45, 2.75) is 32.6 Å². The van der Waals surface area contributed by atoms with E-state index in [1.807, 2.05) is 0 Å². The summed E-state index contributed by atoms with van der Waals surface area (Å²) in [6, 6.07) is 0.